The number of H-pyrrole nitrogens is 2. The van der Waals surface area contributed by atoms with E-state index >= 15 is 0 Å². The van der Waals surface area contributed by atoms with Crippen LogP contribution in [0.2, 0.25) is 0 Å². The summed E-state index contributed by atoms with van der Waals surface area (Å²) < 4.78 is 28.2. The zero-order valence-corrected chi connectivity index (χ0v) is 18.6. The van der Waals surface area contributed by atoms with Gasteiger partial charge in [-0.15, -0.1) is 0 Å². The number of rotatable bonds is 3. The SMILES string of the molecule is O=C(NC1c2ccccc2-c2c(-c3nc4c(F)c(F)ccc4[nH]3)cccc21)c1ccnc2[nH]ccc12. The second-order valence-corrected chi connectivity index (χ2v) is 8.70. The molecule has 0 fully saturated rings. The summed E-state index contributed by atoms with van der Waals surface area (Å²) in [6.45, 7) is 0. The van der Waals surface area contributed by atoms with Gasteiger partial charge in [-0.3, -0.25) is 4.79 Å². The van der Waals surface area contributed by atoms with Crippen LogP contribution >= 0.6 is 0 Å². The second kappa shape index (κ2) is 7.58. The van der Waals surface area contributed by atoms with Crippen LogP contribution in [0.15, 0.2) is 79.1 Å². The average Bonchev–Trinajstić information content (AvgIpc) is 3.63. The number of aromatic amines is 2. The Morgan fingerprint density at radius 2 is 1.75 bits per heavy atom. The predicted molar refractivity (Wildman–Crippen MR) is 132 cm³/mol. The molecule has 1 amide bonds. The molecule has 3 aromatic carbocycles. The highest BCUT2D eigenvalue weighted by atomic mass is 19.2. The molecular formula is C28H17F2N5O. The number of carbonyl (C=O) groups excluding carboxylic acids is 1. The number of halogens is 2. The number of benzene rings is 3. The highest BCUT2D eigenvalue weighted by Gasteiger charge is 2.33. The van der Waals surface area contributed by atoms with E-state index in [-0.39, 0.29) is 11.4 Å². The summed E-state index contributed by atoms with van der Waals surface area (Å²) in [5.41, 5.74) is 5.95. The van der Waals surface area contributed by atoms with Crippen LogP contribution in [-0.4, -0.2) is 25.8 Å². The quantitative estimate of drug-likeness (QED) is 0.297. The zero-order chi connectivity index (χ0) is 24.4. The smallest absolute Gasteiger partial charge is 0.252 e. The van der Waals surface area contributed by atoms with Gasteiger partial charge in [0.2, 0.25) is 0 Å². The molecule has 1 unspecified atom stereocenters. The maximum atomic E-state index is 14.4. The first-order valence-electron chi connectivity index (χ1n) is 11.4. The molecule has 0 saturated heterocycles. The highest BCUT2D eigenvalue weighted by molar-refractivity contribution is 6.06. The van der Waals surface area contributed by atoms with Gasteiger partial charge in [0.1, 0.15) is 17.0 Å². The van der Waals surface area contributed by atoms with Gasteiger partial charge in [0.15, 0.2) is 11.6 Å². The molecular weight excluding hydrogens is 460 g/mol. The van der Waals surface area contributed by atoms with Crippen molar-refractivity contribution in [1.82, 2.24) is 25.3 Å². The second-order valence-electron chi connectivity index (χ2n) is 8.70. The minimum atomic E-state index is -0.985. The lowest BCUT2D eigenvalue weighted by molar-refractivity contribution is 0.0945. The van der Waals surface area contributed by atoms with E-state index in [2.05, 4.69) is 25.3 Å². The molecule has 174 valence electrons. The lowest BCUT2D eigenvalue weighted by Gasteiger charge is -2.16. The minimum Gasteiger partial charge on any atom is -0.346 e. The van der Waals surface area contributed by atoms with Crippen molar-refractivity contribution in [3.63, 3.8) is 0 Å². The Bertz CT molecular complexity index is 1840. The molecule has 6 nitrogen and oxygen atoms in total. The fourth-order valence-corrected chi connectivity index (χ4v) is 5.12. The first kappa shape index (κ1) is 20.5. The third-order valence-electron chi connectivity index (χ3n) is 6.73. The number of nitrogens with one attached hydrogen (secondary N) is 3. The number of hydrogen-bond donors (Lipinski definition) is 3. The number of aromatic nitrogens is 4. The summed E-state index contributed by atoms with van der Waals surface area (Å²) in [5, 5.41) is 3.93. The number of carbonyl (C=O) groups is 1. The van der Waals surface area contributed by atoms with Crippen LogP contribution in [0.5, 0.6) is 0 Å². The van der Waals surface area contributed by atoms with Crippen molar-refractivity contribution in [2.75, 3.05) is 0 Å². The van der Waals surface area contributed by atoms with Crippen LogP contribution in [0.25, 0.3) is 44.6 Å². The summed E-state index contributed by atoms with van der Waals surface area (Å²) >= 11 is 0. The van der Waals surface area contributed by atoms with E-state index < -0.39 is 17.7 Å². The van der Waals surface area contributed by atoms with E-state index in [1.54, 1.807) is 18.5 Å². The van der Waals surface area contributed by atoms with E-state index in [4.69, 9.17) is 0 Å². The number of nitrogens with zero attached hydrogens (tertiary/aromatic N) is 2. The normalized spacial score (nSPS) is 14.2. The summed E-state index contributed by atoms with van der Waals surface area (Å²) in [6.07, 6.45) is 3.36. The molecule has 36 heavy (non-hydrogen) atoms. The Balaban J connectivity index is 1.36. The van der Waals surface area contributed by atoms with Crippen molar-refractivity contribution in [3.05, 3.63) is 107 Å². The molecule has 3 aromatic heterocycles. The average molecular weight is 477 g/mol. The molecule has 0 bridgehead atoms. The third kappa shape index (κ3) is 2.91. The van der Waals surface area contributed by atoms with E-state index in [1.165, 1.54) is 6.07 Å². The summed E-state index contributed by atoms with van der Waals surface area (Å²) in [7, 11) is 0. The molecule has 1 aliphatic rings. The zero-order valence-electron chi connectivity index (χ0n) is 18.6. The van der Waals surface area contributed by atoms with Crippen LogP contribution in [-0.2, 0) is 0 Å². The van der Waals surface area contributed by atoms with Crippen molar-refractivity contribution < 1.29 is 13.6 Å². The van der Waals surface area contributed by atoms with Gasteiger partial charge < -0.3 is 15.3 Å². The molecule has 1 aliphatic carbocycles. The maximum Gasteiger partial charge on any atom is 0.252 e. The van der Waals surface area contributed by atoms with Crippen molar-refractivity contribution in [2.45, 2.75) is 6.04 Å². The monoisotopic (exact) mass is 477 g/mol. The molecule has 3 N–H and O–H groups in total. The Morgan fingerprint density at radius 1 is 0.917 bits per heavy atom. The van der Waals surface area contributed by atoms with Crippen molar-refractivity contribution >= 4 is 28.0 Å². The van der Waals surface area contributed by atoms with Crippen molar-refractivity contribution in [2.24, 2.45) is 0 Å². The van der Waals surface area contributed by atoms with Gasteiger partial charge >= 0.3 is 0 Å². The van der Waals surface area contributed by atoms with Crippen molar-refractivity contribution in [3.8, 4) is 22.5 Å². The van der Waals surface area contributed by atoms with Crippen LogP contribution in [0.3, 0.4) is 0 Å². The number of fused-ring (bicyclic) bond motifs is 5. The Labute approximate surface area is 203 Å². The Morgan fingerprint density at radius 3 is 2.67 bits per heavy atom. The predicted octanol–water partition coefficient (Wildman–Crippen LogP) is 5.88. The van der Waals surface area contributed by atoms with Gasteiger partial charge in [0.25, 0.3) is 5.91 Å². The van der Waals surface area contributed by atoms with E-state index in [0.29, 0.717) is 22.6 Å². The van der Waals surface area contributed by atoms with Crippen LogP contribution in [0.1, 0.15) is 27.5 Å². The molecule has 7 rings (SSSR count). The third-order valence-corrected chi connectivity index (χ3v) is 6.73. The Kier molecular flexibility index (Phi) is 4.32. The molecule has 0 radical (unpaired) electrons. The topological polar surface area (TPSA) is 86.5 Å². The van der Waals surface area contributed by atoms with Crippen LogP contribution < -0.4 is 5.32 Å². The Hall–Kier alpha value is -4.85. The fourth-order valence-electron chi connectivity index (χ4n) is 5.12. The first-order valence-corrected chi connectivity index (χ1v) is 11.4. The van der Waals surface area contributed by atoms with E-state index in [0.717, 1.165) is 39.3 Å². The summed E-state index contributed by atoms with van der Waals surface area (Å²) in [5.74, 6) is -1.72. The number of amides is 1. The van der Waals surface area contributed by atoms with Crippen LogP contribution in [0.4, 0.5) is 8.78 Å². The molecule has 6 aromatic rings. The number of imidazole rings is 1. The lowest BCUT2D eigenvalue weighted by Crippen LogP contribution is -2.28. The van der Waals surface area contributed by atoms with Gasteiger partial charge in [0.05, 0.1) is 17.1 Å². The molecule has 0 aliphatic heterocycles. The largest absolute Gasteiger partial charge is 0.346 e. The van der Waals surface area contributed by atoms with E-state index in [1.807, 2.05) is 48.5 Å². The van der Waals surface area contributed by atoms with Gasteiger partial charge in [-0.2, -0.15) is 0 Å². The maximum absolute atomic E-state index is 14.4. The van der Waals surface area contributed by atoms with E-state index in [9.17, 15) is 13.6 Å². The molecule has 0 saturated carbocycles. The van der Waals surface area contributed by atoms with Gasteiger partial charge in [-0.1, -0.05) is 42.5 Å². The minimum absolute atomic E-state index is 0.0491. The summed E-state index contributed by atoms with van der Waals surface area (Å²) in [6, 6.07) is 19.2. The number of pyridine rings is 1. The first-order chi connectivity index (χ1) is 17.6. The van der Waals surface area contributed by atoms with Gasteiger partial charge in [-0.25, -0.2) is 18.7 Å². The lowest BCUT2D eigenvalue weighted by atomic mass is 9.98. The van der Waals surface area contributed by atoms with Gasteiger partial charge in [0, 0.05) is 23.3 Å². The van der Waals surface area contributed by atoms with Crippen molar-refractivity contribution in [1.29, 1.82) is 0 Å². The standard InChI is InChI=1S/C28H17F2N5O/c29-20-8-9-21-25(23(20)30)34-27(33-21)19-7-3-6-18-22(19)14-4-1-2-5-15(14)24(18)35-28(36)17-11-13-32-26-16(17)10-12-31-26/h1-13,24H,(H,31,32)(H,33,34)(H,35,36). The molecule has 3 heterocycles. The van der Waals surface area contributed by atoms with Gasteiger partial charge in [-0.05, 0) is 46.5 Å². The number of hydrogen-bond acceptors (Lipinski definition) is 3. The highest BCUT2D eigenvalue weighted by Crippen LogP contribution is 2.47. The summed E-state index contributed by atoms with van der Waals surface area (Å²) in [4.78, 5) is 28.2. The fraction of sp³-hybridized carbons (Fsp3) is 0.0357. The molecule has 0 spiro atoms. The molecule has 8 heteroatoms. The molecule has 1 atom stereocenters. The van der Waals surface area contributed by atoms with Crippen LogP contribution in [0, 0.1) is 11.6 Å².